The Morgan fingerprint density at radius 3 is 2.33 bits per heavy atom. The van der Waals surface area contributed by atoms with Gasteiger partial charge >= 0.3 is 0 Å². The van der Waals surface area contributed by atoms with Crippen LogP contribution in [-0.4, -0.2) is 15.2 Å². The molecule has 0 amide bonds. The number of nitrogens with two attached hydrogens (primary N) is 1. The number of nitrogen functional groups attached to an aromatic ring is 1. The van der Waals surface area contributed by atoms with Crippen LogP contribution in [-0.2, 0) is 6.42 Å². The Bertz CT molecular complexity index is 534. The molecule has 0 saturated heterocycles. The van der Waals surface area contributed by atoms with Crippen molar-refractivity contribution in [3.05, 3.63) is 47.0 Å². The fourth-order valence-corrected chi connectivity index (χ4v) is 1.78. The van der Waals surface area contributed by atoms with Gasteiger partial charge in [-0.25, -0.2) is 4.98 Å². The summed E-state index contributed by atoms with van der Waals surface area (Å²) in [6, 6.07) is 7.92. The smallest absolute Gasteiger partial charge is 0.154 e. The lowest BCUT2D eigenvalue weighted by atomic mass is 10.0. The average Bonchev–Trinajstić information content (AvgIpc) is 2.35. The quantitative estimate of drug-likeness (QED) is 0.839. The van der Waals surface area contributed by atoms with Crippen LogP contribution >= 0.6 is 0 Å². The summed E-state index contributed by atoms with van der Waals surface area (Å²) in [6.45, 7) is 6.00. The Balaban J connectivity index is 2.13. The Morgan fingerprint density at radius 1 is 1.06 bits per heavy atom. The van der Waals surface area contributed by atoms with Gasteiger partial charge in [0.05, 0.1) is 11.4 Å². The molecule has 1 heterocycles. The zero-order valence-electron chi connectivity index (χ0n) is 11.0. The van der Waals surface area contributed by atoms with E-state index in [9.17, 15) is 0 Å². The summed E-state index contributed by atoms with van der Waals surface area (Å²) in [5.41, 5.74) is 9.53. The van der Waals surface area contributed by atoms with Crippen LogP contribution in [0.1, 0.15) is 35.6 Å². The molecule has 1 unspecified atom stereocenters. The SMILES string of the molecule is Cc1nnc(C(C)Cc2ccc(N)cc2)nc1C. The molecule has 4 heteroatoms. The number of hydrogen-bond acceptors (Lipinski definition) is 4. The van der Waals surface area contributed by atoms with Crippen LogP contribution in [0.2, 0.25) is 0 Å². The van der Waals surface area contributed by atoms with Crippen LogP contribution in [0.25, 0.3) is 0 Å². The maximum atomic E-state index is 5.67. The second kappa shape index (κ2) is 5.12. The van der Waals surface area contributed by atoms with Gasteiger partial charge in [0.15, 0.2) is 5.82 Å². The third-order valence-corrected chi connectivity index (χ3v) is 3.07. The predicted octanol–water partition coefficient (Wildman–Crippen LogP) is 2.42. The lowest BCUT2D eigenvalue weighted by Gasteiger charge is -2.10. The van der Waals surface area contributed by atoms with Gasteiger partial charge in [0.1, 0.15) is 0 Å². The molecule has 1 atom stereocenters. The maximum absolute atomic E-state index is 5.67. The molecule has 18 heavy (non-hydrogen) atoms. The molecule has 2 N–H and O–H groups in total. The topological polar surface area (TPSA) is 64.7 Å². The van der Waals surface area contributed by atoms with E-state index in [2.05, 4.69) is 22.1 Å². The molecule has 2 rings (SSSR count). The molecule has 1 aromatic heterocycles. The monoisotopic (exact) mass is 242 g/mol. The Hall–Kier alpha value is -1.97. The minimum absolute atomic E-state index is 0.250. The molecular formula is C14H18N4. The highest BCUT2D eigenvalue weighted by Gasteiger charge is 2.11. The standard InChI is InChI=1S/C14H18N4/c1-9(8-12-4-6-13(15)7-5-12)14-16-10(2)11(3)17-18-14/h4-7,9H,8,15H2,1-3H3. The molecule has 0 aliphatic heterocycles. The van der Waals surface area contributed by atoms with Gasteiger partial charge in [-0.1, -0.05) is 19.1 Å². The van der Waals surface area contributed by atoms with E-state index >= 15 is 0 Å². The van der Waals surface area contributed by atoms with Crippen LogP contribution < -0.4 is 5.73 Å². The van der Waals surface area contributed by atoms with Crippen molar-refractivity contribution in [2.45, 2.75) is 33.1 Å². The first-order valence-electron chi connectivity index (χ1n) is 6.08. The van der Waals surface area contributed by atoms with Crippen molar-refractivity contribution in [2.75, 3.05) is 5.73 Å². The third-order valence-electron chi connectivity index (χ3n) is 3.07. The Morgan fingerprint density at radius 2 is 1.72 bits per heavy atom. The highest BCUT2D eigenvalue weighted by atomic mass is 15.2. The molecule has 0 radical (unpaired) electrons. The summed E-state index contributed by atoms with van der Waals surface area (Å²) in [7, 11) is 0. The second-order valence-electron chi connectivity index (χ2n) is 4.69. The number of benzene rings is 1. The van der Waals surface area contributed by atoms with E-state index in [1.807, 2.05) is 38.1 Å². The van der Waals surface area contributed by atoms with E-state index in [-0.39, 0.29) is 5.92 Å². The van der Waals surface area contributed by atoms with Crippen LogP contribution in [0.5, 0.6) is 0 Å². The van der Waals surface area contributed by atoms with E-state index in [0.29, 0.717) is 0 Å². The molecule has 4 nitrogen and oxygen atoms in total. The summed E-state index contributed by atoms with van der Waals surface area (Å²) >= 11 is 0. The molecule has 0 fully saturated rings. The highest BCUT2D eigenvalue weighted by molar-refractivity contribution is 5.39. The number of rotatable bonds is 3. The number of aryl methyl sites for hydroxylation is 2. The van der Waals surface area contributed by atoms with Crippen LogP contribution in [0.15, 0.2) is 24.3 Å². The summed E-state index contributed by atoms with van der Waals surface area (Å²) in [6.07, 6.45) is 0.893. The molecule has 2 aromatic rings. The van der Waals surface area contributed by atoms with E-state index in [0.717, 1.165) is 29.3 Å². The van der Waals surface area contributed by atoms with Crippen LogP contribution in [0, 0.1) is 13.8 Å². The van der Waals surface area contributed by atoms with Crippen LogP contribution in [0.3, 0.4) is 0 Å². The molecule has 0 aliphatic rings. The lowest BCUT2D eigenvalue weighted by Crippen LogP contribution is -2.08. The average molecular weight is 242 g/mol. The van der Waals surface area contributed by atoms with Gasteiger partial charge in [0, 0.05) is 11.6 Å². The molecule has 0 saturated carbocycles. The van der Waals surface area contributed by atoms with E-state index in [1.54, 1.807) is 0 Å². The normalized spacial score (nSPS) is 12.4. The molecule has 0 bridgehead atoms. The molecule has 94 valence electrons. The fraction of sp³-hybridized carbons (Fsp3) is 0.357. The predicted molar refractivity (Wildman–Crippen MR) is 72.3 cm³/mol. The number of aromatic nitrogens is 3. The largest absolute Gasteiger partial charge is 0.399 e. The van der Waals surface area contributed by atoms with Crippen molar-refractivity contribution >= 4 is 5.69 Å². The number of hydrogen-bond donors (Lipinski definition) is 1. The maximum Gasteiger partial charge on any atom is 0.154 e. The first-order valence-corrected chi connectivity index (χ1v) is 6.08. The van der Waals surface area contributed by atoms with Gasteiger partial charge in [0.25, 0.3) is 0 Å². The van der Waals surface area contributed by atoms with E-state index < -0.39 is 0 Å². The molecular weight excluding hydrogens is 224 g/mol. The van der Waals surface area contributed by atoms with E-state index in [4.69, 9.17) is 5.73 Å². The Kier molecular flexibility index (Phi) is 3.55. The summed E-state index contributed by atoms with van der Waals surface area (Å²) in [5, 5.41) is 8.29. The van der Waals surface area contributed by atoms with Crippen molar-refractivity contribution in [3.63, 3.8) is 0 Å². The fourth-order valence-electron chi connectivity index (χ4n) is 1.78. The number of anilines is 1. The van der Waals surface area contributed by atoms with Gasteiger partial charge < -0.3 is 5.73 Å². The first-order chi connectivity index (χ1) is 8.56. The summed E-state index contributed by atoms with van der Waals surface area (Å²) in [5.74, 6) is 1.05. The minimum atomic E-state index is 0.250. The van der Waals surface area contributed by atoms with Crippen molar-refractivity contribution < 1.29 is 0 Å². The van der Waals surface area contributed by atoms with Gasteiger partial charge in [-0.2, -0.15) is 5.10 Å². The molecule has 0 spiro atoms. The van der Waals surface area contributed by atoms with Crippen molar-refractivity contribution in [1.82, 2.24) is 15.2 Å². The van der Waals surface area contributed by atoms with Crippen LogP contribution in [0.4, 0.5) is 5.69 Å². The third kappa shape index (κ3) is 2.83. The highest BCUT2D eigenvalue weighted by Crippen LogP contribution is 2.18. The second-order valence-corrected chi connectivity index (χ2v) is 4.69. The van der Waals surface area contributed by atoms with Crippen molar-refractivity contribution in [2.24, 2.45) is 0 Å². The van der Waals surface area contributed by atoms with Crippen molar-refractivity contribution in [3.8, 4) is 0 Å². The zero-order valence-corrected chi connectivity index (χ0v) is 11.0. The van der Waals surface area contributed by atoms with E-state index in [1.165, 1.54) is 5.56 Å². The first kappa shape index (κ1) is 12.5. The summed E-state index contributed by atoms with van der Waals surface area (Å²) < 4.78 is 0. The summed E-state index contributed by atoms with van der Waals surface area (Å²) in [4.78, 5) is 4.49. The number of nitrogens with zero attached hydrogens (tertiary/aromatic N) is 3. The van der Waals surface area contributed by atoms with Gasteiger partial charge in [-0.3, -0.25) is 0 Å². The molecule has 1 aromatic carbocycles. The van der Waals surface area contributed by atoms with Gasteiger partial charge in [-0.05, 0) is 38.0 Å². The molecule has 0 aliphatic carbocycles. The zero-order chi connectivity index (χ0) is 13.1. The lowest BCUT2D eigenvalue weighted by molar-refractivity contribution is 0.662. The Labute approximate surface area is 107 Å². The van der Waals surface area contributed by atoms with Gasteiger partial charge in [0.2, 0.25) is 0 Å². The van der Waals surface area contributed by atoms with Gasteiger partial charge in [-0.15, -0.1) is 5.10 Å². The van der Waals surface area contributed by atoms with Crippen molar-refractivity contribution in [1.29, 1.82) is 0 Å². The minimum Gasteiger partial charge on any atom is -0.399 e.